The number of anilines is 2. The lowest BCUT2D eigenvalue weighted by Gasteiger charge is -2.14. The van der Waals surface area contributed by atoms with Gasteiger partial charge in [-0.3, -0.25) is 14.4 Å². The predicted octanol–water partition coefficient (Wildman–Crippen LogP) is 7.34. The van der Waals surface area contributed by atoms with Crippen LogP contribution in [0, 0.1) is 0 Å². The van der Waals surface area contributed by atoms with E-state index in [4.69, 9.17) is 28.8 Å². The Labute approximate surface area is 341 Å². The molecule has 12 nitrogen and oxygen atoms in total. The molecule has 1 aliphatic rings. The van der Waals surface area contributed by atoms with Crippen LogP contribution in [-0.4, -0.2) is 94.6 Å². The lowest BCUT2D eigenvalue weighted by atomic mass is 9.95. The Morgan fingerprint density at radius 3 is 1.96 bits per heavy atom. The first-order chi connectivity index (χ1) is 27.8. The van der Waals surface area contributed by atoms with E-state index < -0.39 is 5.97 Å². The number of benzene rings is 3. The Bertz CT molecular complexity index is 1910. The van der Waals surface area contributed by atoms with Crippen molar-refractivity contribution >= 4 is 57.5 Å². The molecule has 304 valence electrons. The zero-order valence-electron chi connectivity index (χ0n) is 32.2. The van der Waals surface area contributed by atoms with Crippen LogP contribution in [0.25, 0.3) is 0 Å². The number of amides is 2. The largest absolute Gasteiger partial charge is 0.481 e. The normalized spacial score (nSPS) is 12.2. The first kappa shape index (κ1) is 43.6. The molecule has 3 N–H and O–H groups in total. The molecule has 0 spiro atoms. The lowest BCUT2D eigenvalue weighted by molar-refractivity contribution is -0.138. The number of ether oxygens (including phenoxy) is 5. The van der Waals surface area contributed by atoms with Gasteiger partial charge in [0.05, 0.1) is 77.5 Å². The number of aryl methyl sites for hydroxylation is 3. The van der Waals surface area contributed by atoms with Gasteiger partial charge in [-0.25, -0.2) is 4.79 Å². The van der Waals surface area contributed by atoms with Crippen molar-refractivity contribution in [3.05, 3.63) is 111 Å². The second-order valence-electron chi connectivity index (χ2n) is 13.2. The van der Waals surface area contributed by atoms with Gasteiger partial charge in [-0.1, -0.05) is 30.3 Å². The standard InChI is InChI=1S/C43H50N2O10S2/c1-51-43(50)32-15-11-30(12-16-32)9-10-31-13-17-34(18-14-31)44-41(49)39-36-7-2-3-8-37(36)57-42(39)45-40(48)33-5-4-6-35(29-33)56-28-27-55-26-25-54-24-23-53-22-21-52-20-19-38(46)47/h4-6,11-18,29H,2-3,7-10,19-28H2,1H3,(H,44,49)(H,45,48)(H,46,47). The number of methoxy groups -OCH3 is 1. The highest BCUT2D eigenvalue weighted by Crippen LogP contribution is 2.39. The van der Waals surface area contributed by atoms with Crippen LogP contribution in [0.2, 0.25) is 0 Å². The fourth-order valence-corrected chi connectivity index (χ4v) is 8.20. The third kappa shape index (κ3) is 14.4. The van der Waals surface area contributed by atoms with Crippen molar-refractivity contribution in [1.29, 1.82) is 0 Å². The van der Waals surface area contributed by atoms with Crippen molar-refractivity contribution in [3.63, 3.8) is 0 Å². The van der Waals surface area contributed by atoms with Crippen LogP contribution < -0.4 is 10.6 Å². The summed E-state index contributed by atoms with van der Waals surface area (Å²) in [5, 5.41) is 15.3. The molecule has 0 radical (unpaired) electrons. The average Bonchev–Trinajstić information content (AvgIpc) is 3.59. The molecule has 57 heavy (non-hydrogen) atoms. The predicted molar refractivity (Wildman–Crippen MR) is 221 cm³/mol. The van der Waals surface area contributed by atoms with Crippen molar-refractivity contribution in [3.8, 4) is 0 Å². The number of nitrogens with one attached hydrogen (secondary N) is 2. The molecule has 1 aromatic heterocycles. The Morgan fingerprint density at radius 2 is 1.32 bits per heavy atom. The zero-order valence-corrected chi connectivity index (χ0v) is 33.8. The van der Waals surface area contributed by atoms with Gasteiger partial charge in [-0.2, -0.15) is 0 Å². The highest BCUT2D eigenvalue weighted by molar-refractivity contribution is 7.99. The number of rotatable bonds is 24. The fraction of sp³-hybridized carbons (Fsp3) is 0.395. The molecule has 0 atom stereocenters. The molecule has 14 heteroatoms. The van der Waals surface area contributed by atoms with E-state index in [1.807, 2.05) is 54.6 Å². The van der Waals surface area contributed by atoms with Gasteiger partial charge in [0.2, 0.25) is 0 Å². The maximum Gasteiger partial charge on any atom is 0.337 e. The van der Waals surface area contributed by atoms with Crippen molar-refractivity contribution in [2.45, 2.75) is 49.8 Å². The van der Waals surface area contributed by atoms with Crippen molar-refractivity contribution < 1.29 is 48.0 Å². The number of esters is 1. The lowest BCUT2D eigenvalue weighted by Crippen LogP contribution is -2.18. The Kier molecular flexibility index (Phi) is 18.0. The minimum atomic E-state index is -0.887. The summed E-state index contributed by atoms with van der Waals surface area (Å²) >= 11 is 3.08. The summed E-state index contributed by atoms with van der Waals surface area (Å²) < 4.78 is 26.5. The number of hydrogen-bond acceptors (Lipinski definition) is 11. The van der Waals surface area contributed by atoms with E-state index in [1.54, 1.807) is 30.0 Å². The van der Waals surface area contributed by atoms with Crippen LogP contribution in [-0.2, 0) is 54.2 Å². The Balaban J connectivity index is 1.05. The molecule has 0 unspecified atom stereocenters. The third-order valence-corrected chi connectivity index (χ3v) is 11.2. The molecule has 4 aromatic rings. The minimum Gasteiger partial charge on any atom is -0.481 e. The average molecular weight is 819 g/mol. The summed E-state index contributed by atoms with van der Waals surface area (Å²) in [7, 11) is 1.37. The quantitative estimate of drug-likeness (QED) is 0.0369. The van der Waals surface area contributed by atoms with Crippen molar-refractivity contribution in [2.24, 2.45) is 0 Å². The number of carbonyl (C=O) groups excluding carboxylic acids is 3. The number of fused-ring (bicyclic) bond motifs is 1. The summed E-state index contributed by atoms with van der Waals surface area (Å²) in [6.45, 7) is 3.15. The van der Waals surface area contributed by atoms with Gasteiger partial charge >= 0.3 is 11.9 Å². The van der Waals surface area contributed by atoms with Crippen LogP contribution in [0.3, 0.4) is 0 Å². The van der Waals surface area contributed by atoms with Gasteiger partial charge < -0.3 is 39.4 Å². The van der Waals surface area contributed by atoms with Gasteiger partial charge in [0, 0.05) is 26.8 Å². The maximum absolute atomic E-state index is 13.8. The molecule has 2 amide bonds. The van der Waals surface area contributed by atoms with Crippen LogP contribution in [0.15, 0.2) is 77.7 Å². The second kappa shape index (κ2) is 23.6. The smallest absolute Gasteiger partial charge is 0.337 e. The summed E-state index contributed by atoms with van der Waals surface area (Å²) in [6, 6.07) is 22.7. The summed E-state index contributed by atoms with van der Waals surface area (Å²) in [5.41, 5.74) is 5.52. The van der Waals surface area contributed by atoms with Gasteiger partial charge in [0.25, 0.3) is 11.8 Å². The first-order valence-electron chi connectivity index (χ1n) is 19.1. The van der Waals surface area contributed by atoms with E-state index in [0.717, 1.165) is 65.0 Å². The van der Waals surface area contributed by atoms with Crippen LogP contribution >= 0.6 is 23.1 Å². The maximum atomic E-state index is 13.8. The molecule has 0 saturated carbocycles. The second-order valence-corrected chi connectivity index (χ2v) is 15.5. The van der Waals surface area contributed by atoms with Crippen LogP contribution in [0.4, 0.5) is 10.7 Å². The molecular weight excluding hydrogens is 769 g/mol. The molecular formula is C43H50N2O10S2. The number of thioether (sulfide) groups is 1. The third-order valence-electron chi connectivity index (χ3n) is 9.08. The number of thiophene rings is 1. The molecule has 1 heterocycles. The number of aliphatic carboxylic acids is 1. The van der Waals surface area contributed by atoms with E-state index in [-0.39, 0.29) is 30.8 Å². The Morgan fingerprint density at radius 1 is 0.702 bits per heavy atom. The van der Waals surface area contributed by atoms with E-state index in [2.05, 4.69) is 10.6 Å². The number of carbonyl (C=O) groups is 4. The van der Waals surface area contributed by atoms with Crippen molar-refractivity contribution in [2.75, 3.05) is 76.4 Å². The molecule has 3 aromatic carbocycles. The van der Waals surface area contributed by atoms with Crippen LogP contribution in [0.1, 0.15) is 71.9 Å². The molecule has 1 aliphatic carbocycles. The number of hydrogen-bond donors (Lipinski definition) is 3. The van der Waals surface area contributed by atoms with E-state index in [1.165, 1.54) is 18.4 Å². The van der Waals surface area contributed by atoms with Gasteiger partial charge in [0.1, 0.15) is 5.00 Å². The highest BCUT2D eigenvalue weighted by atomic mass is 32.2. The molecule has 0 bridgehead atoms. The highest BCUT2D eigenvalue weighted by Gasteiger charge is 2.27. The molecule has 5 rings (SSSR count). The van der Waals surface area contributed by atoms with Crippen LogP contribution in [0.5, 0.6) is 0 Å². The van der Waals surface area contributed by atoms with Crippen molar-refractivity contribution in [1.82, 2.24) is 0 Å². The minimum absolute atomic E-state index is 0.0204. The first-order valence-corrected chi connectivity index (χ1v) is 20.9. The zero-order chi connectivity index (χ0) is 40.2. The molecule has 0 fully saturated rings. The van der Waals surface area contributed by atoms with Gasteiger partial charge in [0.15, 0.2) is 0 Å². The van der Waals surface area contributed by atoms with E-state index in [0.29, 0.717) is 79.4 Å². The fourth-order valence-electron chi connectivity index (χ4n) is 6.10. The summed E-state index contributed by atoms with van der Waals surface area (Å²) in [5.74, 6) is -1.04. The summed E-state index contributed by atoms with van der Waals surface area (Å²) in [6.07, 6.45) is 5.33. The topological polar surface area (TPSA) is 159 Å². The van der Waals surface area contributed by atoms with Gasteiger partial charge in [-0.05, 0) is 97.7 Å². The van der Waals surface area contributed by atoms with E-state index in [9.17, 15) is 19.2 Å². The number of carboxylic acid groups (broad SMARTS) is 1. The van der Waals surface area contributed by atoms with Gasteiger partial charge in [-0.15, -0.1) is 23.1 Å². The molecule has 0 saturated heterocycles. The molecule has 0 aliphatic heterocycles. The monoisotopic (exact) mass is 818 g/mol. The van der Waals surface area contributed by atoms with E-state index >= 15 is 0 Å². The number of carboxylic acids is 1. The SMILES string of the molecule is COC(=O)c1ccc(CCc2ccc(NC(=O)c3c(NC(=O)c4cccc(SCCOCCOCCOCCOCCC(=O)O)c4)sc4c3CCCC4)cc2)cc1. The Hall–Kier alpha value is -4.57. The summed E-state index contributed by atoms with van der Waals surface area (Å²) in [4.78, 5) is 51.6.